The molecule has 0 radical (unpaired) electrons. The molecule has 0 aliphatic rings. The van der Waals surface area contributed by atoms with Crippen LogP contribution >= 0.6 is 8.20 Å². The average molecular weight is 370 g/mol. The summed E-state index contributed by atoms with van der Waals surface area (Å²) in [6, 6.07) is 1.44. The molecule has 0 aliphatic carbocycles. The molecule has 1 rings (SSSR count). The summed E-state index contributed by atoms with van der Waals surface area (Å²) in [7, 11) is 0.677. The zero-order valence-corrected chi connectivity index (χ0v) is 14.0. The molecule has 2 atom stereocenters. The van der Waals surface area contributed by atoms with Gasteiger partial charge in [0.15, 0.2) is 0 Å². The van der Waals surface area contributed by atoms with Gasteiger partial charge in [0.25, 0.3) is 0 Å². The van der Waals surface area contributed by atoms with Gasteiger partial charge in [0.2, 0.25) is 0 Å². The van der Waals surface area contributed by atoms with E-state index in [0.717, 1.165) is 0 Å². The lowest BCUT2D eigenvalue weighted by Crippen LogP contribution is -2.22. The summed E-state index contributed by atoms with van der Waals surface area (Å²) < 4.78 is 82.6. The van der Waals surface area contributed by atoms with Gasteiger partial charge in [-0.1, -0.05) is 20.6 Å². The molecule has 1 aromatic carbocycles. The second kappa shape index (κ2) is 7.28. The van der Waals surface area contributed by atoms with Crippen molar-refractivity contribution in [2.45, 2.75) is 37.5 Å². The van der Waals surface area contributed by atoms with E-state index in [-0.39, 0.29) is 18.2 Å². The van der Waals surface area contributed by atoms with E-state index in [1.807, 2.05) is 0 Å². The van der Waals surface area contributed by atoms with Crippen molar-refractivity contribution < 1.29 is 31.1 Å². The van der Waals surface area contributed by atoms with Gasteiger partial charge in [-0.05, 0) is 37.6 Å². The molecule has 0 fully saturated rings. The Morgan fingerprint density at radius 3 is 1.88 bits per heavy atom. The lowest BCUT2D eigenvalue weighted by atomic mass is 10.0. The molecule has 0 saturated carbocycles. The summed E-state index contributed by atoms with van der Waals surface area (Å²) in [5.74, 6) is 0. The molecule has 0 saturated heterocycles. The summed E-state index contributed by atoms with van der Waals surface area (Å²) in [4.78, 5) is 0. The SMILES string of the molecule is C=CC(C)(COC(C)c1cc(C(F)(F)F)cc(C(F)(F)F)c1)P=C. The second-order valence-electron chi connectivity index (χ2n) is 5.51. The molecule has 0 aliphatic heterocycles. The first-order chi connectivity index (χ1) is 10.8. The van der Waals surface area contributed by atoms with E-state index >= 15 is 0 Å². The normalized spacial score (nSPS) is 16.7. The Bertz CT molecular complexity index is 565. The third-order valence-corrected chi connectivity index (χ3v) is 4.54. The van der Waals surface area contributed by atoms with Crippen LogP contribution in [0.3, 0.4) is 0 Å². The maximum Gasteiger partial charge on any atom is 0.416 e. The number of rotatable bonds is 6. The van der Waals surface area contributed by atoms with Crippen LogP contribution < -0.4 is 0 Å². The van der Waals surface area contributed by atoms with Crippen molar-refractivity contribution in [1.82, 2.24) is 0 Å². The van der Waals surface area contributed by atoms with Crippen LogP contribution in [0, 0.1) is 0 Å². The number of alkyl halides is 6. The van der Waals surface area contributed by atoms with E-state index in [1.165, 1.54) is 6.92 Å². The van der Waals surface area contributed by atoms with Crippen molar-refractivity contribution in [3.05, 3.63) is 47.5 Å². The molecule has 0 bridgehead atoms. The summed E-state index contributed by atoms with van der Waals surface area (Å²) in [5, 5.41) is -0.539. The van der Waals surface area contributed by atoms with E-state index < -0.39 is 34.7 Å². The minimum absolute atomic E-state index is 0.0698. The van der Waals surface area contributed by atoms with Gasteiger partial charge in [-0.3, -0.25) is 0 Å². The molecule has 2 unspecified atom stereocenters. The zero-order valence-electron chi connectivity index (χ0n) is 13.1. The van der Waals surface area contributed by atoms with Crippen molar-refractivity contribution in [3.63, 3.8) is 0 Å². The van der Waals surface area contributed by atoms with Gasteiger partial charge in [-0.25, -0.2) is 0 Å². The van der Waals surface area contributed by atoms with Crippen LogP contribution in [-0.2, 0) is 17.1 Å². The fourth-order valence-corrected chi connectivity index (χ4v) is 2.07. The largest absolute Gasteiger partial charge is 0.416 e. The smallest absolute Gasteiger partial charge is 0.372 e. The minimum atomic E-state index is -4.88. The molecule has 0 heterocycles. The summed E-state index contributed by atoms with van der Waals surface area (Å²) >= 11 is 0. The molecule has 0 aromatic heterocycles. The van der Waals surface area contributed by atoms with Crippen molar-refractivity contribution in [2.75, 3.05) is 6.61 Å². The van der Waals surface area contributed by atoms with Crippen LogP contribution in [0.1, 0.15) is 36.6 Å². The summed E-state index contributed by atoms with van der Waals surface area (Å²) in [6.07, 6.45) is -5.42. The van der Waals surface area contributed by atoms with Gasteiger partial charge in [0.1, 0.15) is 0 Å². The van der Waals surface area contributed by atoms with Gasteiger partial charge in [0.05, 0.1) is 23.8 Å². The van der Waals surface area contributed by atoms with E-state index in [1.54, 1.807) is 13.0 Å². The third-order valence-electron chi connectivity index (χ3n) is 3.51. The fourth-order valence-electron chi connectivity index (χ4n) is 1.77. The highest BCUT2D eigenvalue weighted by molar-refractivity contribution is 7.38. The second-order valence-corrected chi connectivity index (χ2v) is 6.85. The monoisotopic (exact) mass is 370 g/mol. The highest BCUT2D eigenvalue weighted by Crippen LogP contribution is 2.38. The number of hydrogen-bond donors (Lipinski definition) is 0. The maximum absolute atomic E-state index is 12.9. The van der Waals surface area contributed by atoms with E-state index in [2.05, 4.69) is 12.9 Å². The van der Waals surface area contributed by atoms with Crippen LogP contribution in [0.4, 0.5) is 26.3 Å². The number of hydrogen-bond acceptors (Lipinski definition) is 1. The first-order valence-electron chi connectivity index (χ1n) is 6.85. The van der Waals surface area contributed by atoms with Gasteiger partial charge in [-0.15, -0.1) is 6.58 Å². The molecule has 8 heteroatoms. The van der Waals surface area contributed by atoms with Crippen molar-refractivity contribution in [2.24, 2.45) is 0 Å². The standard InChI is InChI=1S/C16H17F6OP/c1-5-14(3,24-4)9-23-10(2)11-6-12(15(17,18)19)8-13(7-11)16(20,21)22/h5-8,10H,1,4,9H2,2-3H3. The van der Waals surface area contributed by atoms with Gasteiger partial charge in [-0.2, -0.15) is 26.3 Å². The molecular formula is C16H17F6OP. The van der Waals surface area contributed by atoms with Gasteiger partial charge < -0.3 is 4.74 Å². The first kappa shape index (κ1) is 20.7. The van der Waals surface area contributed by atoms with Crippen molar-refractivity contribution in [1.29, 1.82) is 0 Å². The highest BCUT2D eigenvalue weighted by atomic mass is 31.1. The molecule has 0 amide bonds. The molecular weight excluding hydrogens is 353 g/mol. The summed E-state index contributed by atoms with van der Waals surface area (Å²) in [6.45, 7) is 6.87. The fraction of sp³-hybridized carbons (Fsp3) is 0.438. The van der Waals surface area contributed by atoms with E-state index in [4.69, 9.17) is 4.74 Å². The Morgan fingerprint density at radius 1 is 1.08 bits per heavy atom. The molecule has 134 valence electrons. The Balaban J connectivity index is 3.18. The molecule has 24 heavy (non-hydrogen) atoms. The van der Waals surface area contributed by atoms with Crippen LogP contribution in [0.2, 0.25) is 0 Å². The van der Waals surface area contributed by atoms with Gasteiger partial charge in [0, 0.05) is 5.16 Å². The first-order valence-corrected chi connectivity index (χ1v) is 7.93. The number of benzene rings is 1. The third kappa shape index (κ3) is 5.35. The van der Waals surface area contributed by atoms with Crippen LogP contribution in [0.25, 0.3) is 0 Å². The Morgan fingerprint density at radius 2 is 1.54 bits per heavy atom. The zero-order chi connectivity index (χ0) is 18.8. The maximum atomic E-state index is 12.9. The van der Waals surface area contributed by atoms with Crippen LogP contribution in [-0.4, -0.2) is 18.1 Å². The molecule has 1 aromatic rings. The number of ether oxygens (including phenoxy) is 1. The lowest BCUT2D eigenvalue weighted by molar-refractivity contribution is -0.143. The predicted molar refractivity (Wildman–Crippen MR) is 83.5 cm³/mol. The van der Waals surface area contributed by atoms with Gasteiger partial charge >= 0.3 is 12.4 Å². The average Bonchev–Trinajstić information content (AvgIpc) is 2.50. The molecule has 0 spiro atoms. The molecule has 0 N–H and O–H groups in total. The van der Waals surface area contributed by atoms with Crippen molar-refractivity contribution >= 4 is 14.5 Å². The Labute approximate surface area is 138 Å². The predicted octanol–water partition coefficient (Wildman–Crippen LogP) is 6.12. The quantitative estimate of drug-likeness (QED) is 0.333. The number of halogens is 6. The lowest BCUT2D eigenvalue weighted by Gasteiger charge is -2.24. The Kier molecular flexibility index (Phi) is 6.28. The Hall–Kier alpha value is -1.33. The topological polar surface area (TPSA) is 9.23 Å². The molecule has 1 nitrogen and oxygen atoms in total. The minimum Gasteiger partial charge on any atom is -0.372 e. The highest BCUT2D eigenvalue weighted by Gasteiger charge is 2.37. The van der Waals surface area contributed by atoms with E-state index in [9.17, 15) is 26.3 Å². The van der Waals surface area contributed by atoms with Crippen LogP contribution in [0.15, 0.2) is 30.9 Å². The van der Waals surface area contributed by atoms with Crippen molar-refractivity contribution in [3.8, 4) is 0 Å². The van der Waals surface area contributed by atoms with Crippen LogP contribution in [0.5, 0.6) is 0 Å². The van der Waals surface area contributed by atoms with E-state index in [0.29, 0.717) is 20.3 Å². The summed E-state index contributed by atoms with van der Waals surface area (Å²) in [5.41, 5.74) is -2.90.